The smallest absolute Gasteiger partial charge is 0.0834 e. The fourth-order valence-corrected chi connectivity index (χ4v) is 3.31. The van der Waals surface area contributed by atoms with Crippen molar-refractivity contribution in [3.05, 3.63) is 46.2 Å². The van der Waals surface area contributed by atoms with Crippen LogP contribution in [0.4, 0.5) is 0 Å². The van der Waals surface area contributed by atoms with Crippen molar-refractivity contribution in [2.45, 2.75) is 10.9 Å². The van der Waals surface area contributed by atoms with Gasteiger partial charge in [-0.1, -0.05) is 29.3 Å². The highest BCUT2D eigenvalue weighted by Crippen LogP contribution is 2.29. The molecule has 0 spiro atoms. The van der Waals surface area contributed by atoms with Gasteiger partial charge < -0.3 is 0 Å². The highest BCUT2D eigenvalue weighted by molar-refractivity contribution is 7.99. The van der Waals surface area contributed by atoms with Crippen molar-refractivity contribution >= 4 is 35.0 Å². The standard InChI is InChI=1S/C12H14Cl2N4S/c1-18-12(10(14)6-16-18)11(17-15)7-19-9-4-2-3-8(13)5-9/h2-6,11,17H,7,15H2,1H3. The zero-order valence-corrected chi connectivity index (χ0v) is 12.6. The highest BCUT2D eigenvalue weighted by Gasteiger charge is 2.18. The molecule has 4 nitrogen and oxygen atoms in total. The average Bonchev–Trinajstić information content (AvgIpc) is 2.71. The molecular weight excluding hydrogens is 303 g/mol. The van der Waals surface area contributed by atoms with Gasteiger partial charge in [-0.2, -0.15) is 5.10 Å². The number of hydrazine groups is 1. The second kappa shape index (κ2) is 6.63. The Labute approximate surface area is 126 Å². The van der Waals surface area contributed by atoms with E-state index in [1.165, 1.54) is 0 Å². The summed E-state index contributed by atoms with van der Waals surface area (Å²) in [6.45, 7) is 0. The number of rotatable bonds is 5. The lowest BCUT2D eigenvalue weighted by Gasteiger charge is -2.16. The second-order valence-electron chi connectivity index (χ2n) is 3.99. The first kappa shape index (κ1) is 14.7. The van der Waals surface area contributed by atoms with Gasteiger partial charge >= 0.3 is 0 Å². The van der Waals surface area contributed by atoms with Crippen LogP contribution in [0.5, 0.6) is 0 Å². The van der Waals surface area contributed by atoms with Crippen molar-refractivity contribution < 1.29 is 0 Å². The first-order chi connectivity index (χ1) is 9.11. The Kier molecular flexibility index (Phi) is 5.13. The van der Waals surface area contributed by atoms with E-state index in [0.717, 1.165) is 21.4 Å². The summed E-state index contributed by atoms with van der Waals surface area (Å²) in [6.07, 6.45) is 1.62. The van der Waals surface area contributed by atoms with Gasteiger partial charge in [0.1, 0.15) is 0 Å². The maximum absolute atomic E-state index is 6.12. The molecule has 2 aromatic rings. The van der Waals surface area contributed by atoms with Gasteiger partial charge in [0, 0.05) is 22.7 Å². The normalized spacial score (nSPS) is 12.6. The molecule has 0 bridgehead atoms. The van der Waals surface area contributed by atoms with E-state index < -0.39 is 0 Å². The minimum absolute atomic E-state index is 0.0796. The van der Waals surface area contributed by atoms with E-state index in [4.69, 9.17) is 29.0 Å². The largest absolute Gasteiger partial charge is 0.271 e. The summed E-state index contributed by atoms with van der Waals surface area (Å²) in [5.74, 6) is 6.34. The molecule has 1 unspecified atom stereocenters. The Morgan fingerprint density at radius 2 is 2.26 bits per heavy atom. The van der Waals surface area contributed by atoms with Gasteiger partial charge in [-0.15, -0.1) is 11.8 Å². The lowest BCUT2D eigenvalue weighted by Crippen LogP contribution is -2.31. The van der Waals surface area contributed by atoms with E-state index in [1.54, 1.807) is 22.6 Å². The number of aromatic nitrogens is 2. The van der Waals surface area contributed by atoms with Crippen molar-refractivity contribution in [1.29, 1.82) is 0 Å². The summed E-state index contributed by atoms with van der Waals surface area (Å²) in [5.41, 5.74) is 3.65. The van der Waals surface area contributed by atoms with E-state index in [9.17, 15) is 0 Å². The van der Waals surface area contributed by atoms with Crippen LogP contribution in [0.15, 0.2) is 35.4 Å². The molecule has 1 heterocycles. The van der Waals surface area contributed by atoms with Gasteiger partial charge in [0.25, 0.3) is 0 Å². The Balaban J connectivity index is 2.08. The molecule has 1 atom stereocenters. The summed E-state index contributed by atoms with van der Waals surface area (Å²) in [4.78, 5) is 1.09. The predicted molar refractivity (Wildman–Crippen MR) is 80.5 cm³/mol. The number of nitrogens with zero attached hydrogens (tertiary/aromatic N) is 2. The quantitative estimate of drug-likeness (QED) is 0.506. The number of halogens is 2. The number of nitrogens with one attached hydrogen (secondary N) is 1. The molecule has 1 aromatic carbocycles. The molecule has 0 aliphatic rings. The monoisotopic (exact) mass is 316 g/mol. The Hall–Kier alpha value is -0.720. The molecule has 7 heteroatoms. The SMILES string of the molecule is Cn1ncc(Cl)c1C(CSc1cccc(Cl)c1)NN. The van der Waals surface area contributed by atoms with Crippen molar-refractivity contribution in [1.82, 2.24) is 15.2 Å². The van der Waals surface area contributed by atoms with Gasteiger partial charge in [-0.05, 0) is 18.2 Å². The number of thioether (sulfide) groups is 1. The molecule has 19 heavy (non-hydrogen) atoms. The molecule has 2 rings (SSSR count). The molecule has 0 amide bonds. The lowest BCUT2D eigenvalue weighted by atomic mass is 10.2. The van der Waals surface area contributed by atoms with Crippen molar-refractivity contribution in [2.24, 2.45) is 12.9 Å². The number of hydrogen-bond donors (Lipinski definition) is 2. The highest BCUT2D eigenvalue weighted by atomic mass is 35.5. The van der Waals surface area contributed by atoms with Crippen LogP contribution in [0.25, 0.3) is 0 Å². The molecule has 0 aliphatic carbocycles. The van der Waals surface area contributed by atoms with E-state index >= 15 is 0 Å². The Morgan fingerprint density at radius 3 is 2.84 bits per heavy atom. The summed E-state index contributed by atoms with van der Waals surface area (Å²) in [6, 6.07) is 7.62. The summed E-state index contributed by atoms with van der Waals surface area (Å²) < 4.78 is 1.73. The van der Waals surface area contributed by atoms with Crippen LogP contribution in [0.1, 0.15) is 11.7 Å². The summed E-state index contributed by atoms with van der Waals surface area (Å²) in [5, 5.41) is 5.44. The zero-order chi connectivity index (χ0) is 13.8. The number of nitrogens with two attached hydrogens (primary N) is 1. The fraction of sp³-hybridized carbons (Fsp3) is 0.250. The molecule has 102 valence electrons. The molecule has 0 saturated carbocycles. The third-order valence-corrected chi connectivity index (χ3v) is 4.30. The molecule has 1 aromatic heterocycles. The van der Waals surface area contributed by atoms with Crippen LogP contribution in [0, 0.1) is 0 Å². The zero-order valence-electron chi connectivity index (χ0n) is 10.3. The molecule has 0 radical (unpaired) electrons. The minimum atomic E-state index is -0.0796. The number of aryl methyl sites for hydroxylation is 1. The van der Waals surface area contributed by atoms with Crippen LogP contribution >= 0.6 is 35.0 Å². The predicted octanol–water partition coefficient (Wildman–Crippen LogP) is 3.02. The first-order valence-electron chi connectivity index (χ1n) is 5.63. The van der Waals surface area contributed by atoms with Crippen molar-refractivity contribution in [3.8, 4) is 0 Å². The van der Waals surface area contributed by atoms with Crippen LogP contribution in [-0.2, 0) is 7.05 Å². The average molecular weight is 317 g/mol. The minimum Gasteiger partial charge on any atom is -0.271 e. The van der Waals surface area contributed by atoms with Crippen LogP contribution in [-0.4, -0.2) is 15.5 Å². The number of benzene rings is 1. The Bertz CT molecular complexity index is 539. The lowest BCUT2D eigenvalue weighted by molar-refractivity contribution is 0.554. The van der Waals surface area contributed by atoms with Crippen LogP contribution in [0.3, 0.4) is 0 Å². The van der Waals surface area contributed by atoms with Gasteiger partial charge in [0.05, 0.1) is 23.0 Å². The maximum atomic E-state index is 6.12. The molecule has 0 aliphatic heterocycles. The molecule has 0 fully saturated rings. The fourth-order valence-electron chi connectivity index (χ4n) is 1.75. The van der Waals surface area contributed by atoms with E-state index in [2.05, 4.69) is 10.5 Å². The first-order valence-corrected chi connectivity index (χ1v) is 7.38. The van der Waals surface area contributed by atoms with Crippen LogP contribution < -0.4 is 11.3 Å². The second-order valence-corrected chi connectivity index (χ2v) is 5.93. The molecule has 0 saturated heterocycles. The van der Waals surface area contributed by atoms with E-state index in [-0.39, 0.29) is 6.04 Å². The summed E-state index contributed by atoms with van der Waals surface area (Å²) >= 11 is 13.7. The molecule has 3 N–H and O–H groups in total. The van der Waals surface area contributed by atoms with Crippen molar-refractivity contribution in [2.75, 3.05) is 5.75 Å². The Morgan fingerprint density at radius 1 is 1.47 bits per heavy atom. The topological polar surface area (TPSA) is 55.9 Å². The van der Waals surface area contributed by atoms with E-state index in [0.29, 0.717) is 5.02 Å². The van der Waals surface area contributed by atoms with Crippen LogP contribution in [0.2, 0.25) is 10.0 Å². The van der Waals surface area contributed by atoms with Gasteiger partial charge in [-0.3, -0.25) is 16.0 Å². The summed E-state index contributed by atoms with van der Waals surface area (Å²) in [7, 11) is 1.84. The third kappa shape index (κ3) is 3.64. The third-order valence-electron chi connectivity index (χ3n) is 2.68. The van der Waals surface area contributed by atoms with Gasteiger partial charge in [-0.25, -0.2) is 0 Å². The molecular formula is C12H14Cl2N4S. The van der Waals surface area contributed by atoms with Crippen molar-refractivity contribution in [3.63, 3.8) is 0 Å². The maximum Gasteiger partial charge on any atom is 0.0834 e. The van der Waals surface area contributed by atoms with Gasteiger partial charge in [0.2, 0.25) is 0 Å². The van der Waals surface area contributed by atoms with E-state index in [1.807, 2.05) is 31.3 Å². The number of hydrogen-bond acceptors (Lipinski definition) is 4. The van der Waals surface area contributed by atoms with Gasteiger partial charge in [0.15, 0.2) is 0 Å².